The summed E-state index contributed by atoms with van der Waals surface area (Å²) in [7, 11) is 0. The molecule has 4 aliphatic heterocycles. The number of rotatable bonds is 20. The molecule has 0 amide bonds. The number of halogens is 2. The van der Waals surface area contributed by atoms with Gasteiger partial charge in [0, 0.05) is 94.4 Å². The molecule has 20 rings (SSSR count). The van der Waals surface area contributed by atoms with E-state index in [1.165, 1.54) is 5.56 Å². The van der Waals surface area contributed by atoms with Crippen LogP contribution in [0, 0.1) is 55.4 Å². The first-order valence-corrected chi connectivity index (χ1v) is 45.4. The van der Waals surface area contributed by atoms with Crippen molar-refractivity contribution in [2.45, 2.75) is 158 Å². The number of anilines is 1. The summed E-state index contributed by atoms with van der Waals surface area (Å²) in [6, 6.07) is 26.6. The van der Waals surface area contributed by atoms with Gasteiger partial charge in [-0.1, -0.05) is 32.0 Å². The van der Waals surface area contributed by atoms with Crippen LogP contribution >= 0.6 is 0 Å². The molecule has 0 radical (unpaired) electrons. The van der Waals surface area contributed by atoms with Crippen molar-refractivity contribution in [1.82, 2.24) is 116 Å². The van der Waals surface area contributed by atoms with Gasteiger partial charge in [-0.15, -0.1) is 0 Å². The van der Waals surface area contributed by atoms with Gasteiger partial charge >= 0.3 is 0 Å². The number of aliphatic hydroxyl groups is 1. The highest BCUT2D eigenvalue weighted by Gasteiger charge is 2.29. The standard InChI is InChI=1S/C26H33N7O3.C25H29FN6O.C24H27FN6O.C22H24N6O/c1-17-11-21(31-6-5-30(19(3)15-31)7-9-36-10-8-34)16-32-25(35)13-22(28-26(17)32)23-12-24-20(4)27-18(2)14-33(24)29-23;1-3-20-23-13-22(29-32(23)15-17(2)27-20)21-14-25(33)31-16-19(5-6-24(31)28-21)18-7-11-30(12-8-18)10-4-9-26;1-3-19-22-12-21(28-31(22)14-16(2)26-19)20-13-24(32)30-15-18(4-5-23(30)27-20)17-6-9-29(10-7-17)11-8-25;1-13-8-17(16-4-6-23-7-5-16)12-27-21(29)10-18(25-22(13)27)19-9-20-15(3)24-14(2)11-28(20)26-19/h11-14,16,19,34H,5-10,15H2,1-4H3;5-6,13-16,18H,3-4,7-12H2,1-2H3;4-5,12-15,17H,3,6-11H2,1-2H3;8-12,16,23H,4-7H2,1-3H3/t19-;;;/m1.../s1. The molecule has 4 aliphatic rings. The number of piperazine rings is 1. The average molecular weight is 1760 g/mol. The van der Waals surface area contributed by atoms with Gasteiger partial charge in [0.05, 0.1) is 147 Å². The van der Waals surface area contributed by atoms with Crippen LogP contribution in [0.4, 0.5) is 14.5 Å². The lowest BCUT2D eigenvalue weighted by Crippen LogP contribution is -2.52. The molecule has 1 atom stereocenters. The molecule has 16 aromatic heterocycles. The second-order valence-electron chi connectivity index (χ2n) is 34.9. The van der Waals surface area contributed by atoms with Crippen molar-refractivity contribution in [3.8, 4) is 45.6 Å². The monoisotopic (exact) mass is 1760 g/mol. The molecule has 0 spiro atoms. The van der Waals surface area contributed by atoms with Crippen molar-refractivity contribution in [2.75, 3.05) is 117 Å². The van der Waals surface area contributed by atoms with E-state index in [-0.39, 0.29) is 42.2 Å². The van der Waals surface area contributed by atoms with Gasteiger partial charge in [0.1, 0.15) is 52.0 Å². The number of hydrogen-bond acceptors (Lipinski definition) is 23. The van der Waals surface area contributed by atoms with Crippen LogP contribution in [0.2, 0.25) is 0 Å². The van der Waals surface area contributed by atoms with Gasteiger partial charge in [-0.3, -0.25) is 66.0 Å². The van der Waals surface area contributed by atoms with E-state index in [4.69, 9.17) is 29.8 Å². The number of ether oxygens (including phenoxy) is 1. The van der Waals surface area contributed by atoms with Crippen molar-refractivity contribution in [1.29, 1.82) is 0 Å². The highest BCUT2D eigenvalue weighted by Crippen LogP contribution is 2.34. The second kappa shape index (κ2) is 38.9. The lowest BCUT2D eigenvalue weighted by molar-refractivity contribution is 0.0624. The Kier molecular flexibility index (Phi) is 26.8. The first kappa shape index (κ1) is 89.3. The fourth-order valence-electron chi connectivity index (χ4n) is 18.8. The molecule has 0 aromatic carbocycles. The van der Waals surface area contributed by atoms with Crippen LogP contribution in [-0.4, -0.2) is 233 Å². The van der Waals surface area contributed by atoms with E-state index in [1.54, 1.807) is 46.4 Å². The maximum absolute atomic E-state index is 13.2. The smallest absolute Gasteiger partial charge is 0.258 e. The number of aromatic nitrogens is 20. The van der Waals surface area contributed by atoms with E-state index in [2.05, 4.69) is 110 Å². The highest BCUT2D eigenvalue weighted by molar-refractivity contribution is 5.71. The summed E-state index contributed by atoms with van der Waals surface area (Å²) in [5, 5.41) is 30.9. The molecule has 16 aromatic rings. The third kappa shape index (κ3) is 19.3. The SMILES string of the molecule is CCc1nc(C)cn2nc(-c3cc(=O)n4cc(C5CCN(CCCF)CC5)ccc4n3)cc12.CCc1nc(C)cn2nc(-c3cc(=O)n4cc(C5CCN(CCF)CC5)ccc4n3)cc12.Cc1cn2nc(-c3cc(=O)n4cc(C5CCNCC5)cc(C)c4n3)cc2c(C)n1.Cc1cn2nc(-c3cc(=O)n4cc(N5CCN(CCOCCO)[C@H](C)C5)cc(C)c4n3)cc2c(C)n1. The summed E-state index contributed by atoms with van der Waals surface area (Å²) in [5.74, 6) is 1.27. The Morgan fingerprint density at radius 1 is 0.415 bits per heavy atom. The molecule has 4 saturated heterocycles. The number of nitrogens with zero attached hydrogens (tertiary/aromatic N) is 24. The first-order valence-electron chi connectivity index (χ1n) is 45.4. The quantitative estimate of drug-likeness (QED) is 0.0670. The van der Waals surface area contributed by atoms with Crippen LogP contribution < -0.4 is 32.5 Å². The number of likely N-dealkylation sites (tertiary alicyclic amines) is 2. The minimum Gasteiger partial charge on any atom is -0.394 e. The molecular formula is C97H113F2N25O6. The zero-order valence-corrected chi connectivity index (χ0v) is 75.9. The molecule has 0 saturated carbocycles. The van der Waals surface area contributed by atoms with Crippen LogP contribution in [0.1, 0.15) is 157 Å². The molecule has 676 valence electrons. The lowest BCUT2D eigenvalue weighted by Gasteiger charge is -2.41. The molecule has 0 aliphatic carbocycles. The van der Waals surface area contributed by atoms with Gasteiger partial charge in [-0.25, -0.2) is 42.4 Å². The predicted molar refractivity (Wildman–Crippen MR) is 500 cm³/mol. The molecule has 2 N–H and O–H groups in total. The van der Waals surface area contributed by atoms with Crippen LogP contribution in [0.5, 0.6) is 0 Å². The van der Waals surface area contributed by atoms with Gasteiger partial charge in [0.2, 0.25) is 0 Å². The van der Waals surface area contributed by atoms with E-state index in [0.717, 1.165) is 219 Å². The van der Waals surface area contributed by atoms with E-state index >= 15 is 0 Å². The van der Waals surface area contributed by atoms with E-state index in [1.807, 2.05) is 155 Å². The Labute approximate surface area is 750 Å². The Morgan fingerprint density at radius 2 is 0.838 bits per heavy atom. The minimum atomic E-state index is -0.299. The zero-order chi connectivity index (χ0) is 90.7. The van der Waals surface area contributed by atoms with Gasteiger partial charge in [0.25, 0.3) is 22.2 Å². The fourth-order valence-corrected chi connectivity index (χ4v) is 18.8. The summed E-state index contributed by atoms with van der Waals surface area (Å²) in [6.07, 6.45) is 23.6. The Bertz CT molecular complexity index is 7130. The summed E-state index contributed by atoms with van der Waals surface area (Å²) in [5.41, 5.74) is 24.6. The summed E-state index contributed by atoms with van der Waals surface area (Å²) >= 11 is 0. The number of hydrogen-bond donors (Lipinski definition) is 2. The van der Waals surface area contributed by atoms with Crippen LogP contribution in [0.25, 0.3) is 90.2 Å². The number of aryl methyl sites for hydroxylation is 10. The number of aliphatic hydroxyl groups excluding tert-OH is 1. The third-order valence-electron chi connectivity index (χ3n) is 25.6. The van der Waals surface area contributed by atoms with Gasteiger partial charge < -0.3 is 29.9 Å². The molecule has 31 nitrogen and oxygen atoms in total. The van der Waals surface area contributed by atoms with E-state index < -0.39 is 0 Å². The fraction of sp³-hybridized carbons (Fsp3) is 0.423. The summed E-state index contributed by atoms with van der Waals surface area (Å²) in [4.78, 5) is 98.6. The lowest BCUT2D eigenvalue weighted by atomic mass is 9.90. The van der Waals surface area contributed by atoms with Gasteiger partial charge in [-0.2, -0.15) is 20.4 Å². The first-order chi connectivity index (χ1) is 62.9. The number of alkyl halides is 2. The van der Waals surface area contributed by atoms with Crippen LogP contribution in [0.3, 0.4) is 0 Å². The van der Waals surface area contributed by atoms with E-state index in [0.29, 0.717) is 118 Å². The Balaban J connectivity index is 0.000000122. The zero-order valence-electron chi connectivity index (χ0n) is 75.9. The maximum atomic E-state index is 13.2. The number of piperidine rings is 3. The normalized spacial score (nSPS) is 16.0. The average Bonchev–Trinajstić information content (AvgIpc) is 1.47. The number of nitrogens with one attached hydrogen (secondary N) is 1. The summed E-state index contributed by atoms with van der Waals surface area (Å²) < 4.78 is 44.3. The third-order valence-corrected chi connectivity index (χ3v) is 25.6. The second-order valence-corrected chi connectivity index (χ2v) is 34.9. The molecule has 0 bridgehead atoms. The van der Waals surface area contributed by atoms with Crippen molar-refractivity contribution < 1.29 is 18.6 Å². The molecule has 4 fully saturated rings. The van der Waals surface area contributed by atoms with Crippen molar-refractivity contribution in [2.24, 2.45) is 0 Å². The molecule has 130 heavy (non-hydrogen) atoms. The number of pyridine rings is 4. The van der Waals surface area contributed by atoms with Crippen molar-refractivity contribution in [3.05, 3.63) is 249 Å². The maximum Gasteiger partial charge on any atom is 0.258 e. The summed E-state index contributed by atoms with van der Waals surface area (Å²) in [6.45, 7) is 33.1. The van der Waals surface area contributed by atoms with Crippen molar-refractivity contribution >= 4 is 50.3 Å². The Morgan fingerprint density at radius 3 is 1.30 bits per heavy atom. The molecule has 20 heterocycles. The number of fused-ring (bicyclic) bond motifs is 8. The largest absolute Gasteiger partial charge is 0.394 e. The highest BCUT2D eigenvalue weighted by atomic mass is 19.1. The van der Waals surface area contributed by atoms with Crippen molar-refractivity contribution in [3.63, 3.8) is 0 Å². The van der Waals surface area contributed by atoms with Crippen LogP contribution in [0.15, 0.2) is 154 Å². The van der Waals surface area contributed by atoms with Gasteiger partial charge in [0.15, 0.2) is 0 Å². The Hall–Kier alpha value is -12.7. The van der Waals surface area contributed by atoms with Gasteiger partial charge in [-0.05, 0) is 247 Å². The van der Waals surface area contributed by atoms with E-state index in [9.17, 15) is 28.0 Å². The topological polar surface area (TPSA) is 313 Å². The molecular weight excluding hydrogens is 1650 g/mol. The minimum absolute atomic E-state index is 0.0518. The predicted octanol–water partition coefficient (Wildman–Crippen LogP) is 11.9. The van der Waals surface area contributed by atoms with Crippen LogP contribution in [-0.2, 0) is 17.6 Å². The molecule has 33 heteroatoms. The molecule has 0 unspecified atom stereocenters.